The highest BCUT2D eigenvalue weighted by molar-refractivity contribution is 9.10. The lowest BCUT2D eigenvalue weighted by Crippen LogP contribution is -2.38. The zero-order valence-corrected chi connectivity index (χ0v) is 19.1. The first-order valence-electron chi connectivity index (χ1n) is 9.92. The molecule has 1 aromatic rings. The molecule has 1 amide bonds. The van der Waals surface area contributed by atoms with Crippen LogP contribution in [0.3, 0.4) is 0 Å². The zero-order chi connectivity index (χ0) is 20.5. The van der Waals surface area contributed by atoms with Gasteiger partial charge in [-0.25, -0.2) is 4.79 Å². The fraction of sp³-hybridized carbons (Fsp3) is 0.667. The summed E-state index contributed by atoms with van der Waals surface area (Å²) in [5.41, 5.74) is 3.10. The monoisotopic (exact) mass is 454 g/mol. The van der Waals surface area contributed by atoms with Gasteiger partial charge in [-0.05, 0) is 73.7 Å². The van der Waals surface area contributed by atoms with Crippen LogP contribution in [0.2, 0.25) is 0 Å². The van der Waals surface area contributed by atoms with Crippen molar-refractivity contribution in [1.29, 1.82) is 0 Å². The summed E-state index contributed by atoms with van der Waals surface area (Å²) in [5.74, 6) is 0.908. The lowest BCUT2D eigenvalue weighted by molar-refractivity contribution is 0.0258. The SMILES string of the molecule is CO[C@@H](C)CN1CCOc2cc3c(c(Br)c21)CCN(C(=O)OC(C)(C)C)CC3. The van der Waals surface area contributed by atoms with Gasteiger partial charge < -0.3 is 24.0 Å². The Labute approximate surface area is 176 Å². The average Bonchev–Trinajstić information content (AvgIpc) is 2.83. The molecule has 0 spiro atoms. The summed E-state index contributed by atoms with van der Waals surface area (Å²) in [6.07, 6.45) is 1.47. The van der Waals surface area contributed by atoms with E-state index < -0.39 is 5.60 Å². The first-order valence-corrected chi connectivity index (χ1v) is 10.7. The molecule has 0 bridgehead atoms. The van der Waals surface area contributed by atoms with E-state index in [0.29, 0.717) is 19.7 Å². The molecule has 0 radical (unpaired) electrons. The first kappa shape index (κ1) is 21.2. The number of fused-ring (bicyclic) bond motifs is 2. The van der Waals surface area contributed by atoms with E-state index >= 15 is 0 Å². The molecule has 0 unspecified atom stereocenters. The van der Waals surface area contributed by atoms with E-state index in [2.05, 4.69) is 33.8 Å². The van der Waals surface area contributed by atoms with Crippen LogP contribution >= 0.6 is 15.9 Å². The van der Waals surface area contributed by atoms with Gasteiger partial charge in [0.25, 0.3) is 0 Å². The number of carbonyl (C=O) groups is 1. The van der Waals surface area contributed by atoms with E-state index in [1.807, 2.05) is 25.7 Å². The molecule has 0 saturated carbocycles. The van der Waals surface area contributed by atoms with Crippen LogP contribution in [0.5, 0.6) is 5.75 Å². The van der Waals surface area contributed by atoms with Gasteiger partial charge >= 0.3 is 6.09 Å². The highest BCUT2D eigenvalue weighted by Gasteiger charge is 2.29. The molecule has 2 aliphatic rings. The van der Waals surface area contributed by atoms with Gasteiger partial charge in [0, 0.05) is 31.2 Å². The molecule has 0 saturated heterocycles. The van der Waals surface area contributed by atoms with Gasteiger partial charge in [-0.3, -0.25) is 0 Å². The largest absolute Gasteiger partial charge is 0.490 e. The number of amides is 1. The number of ether oxygens (including phenoxy) is 3. The van der Waals surface area contributed by atoms with Crippen LogP contribution in [0, 0.1) is 0 Å². The number of benzene rings is 1. The lowest BCUT2D eigenvalue weighted by Gasteiger charge is -2.35. The summed E-state index contributed by atoms with van der Waals surface area (Å²) in [6, 6.07) is 2.15. The minimum Gasteiger partial charge on any atom is -0.490 e. The number of anilines is 1. The van der Waals surface area contributed by atoms with Crippen molar-refractivity contribution in [2.45, 2.75) is 52.2 Å². The molecule has 0 aliphatic carbocycles. The topological polar surface area (TPSA) is 51.2 Å². The third-order valence-corrected chi connectivity index (χ3v) is 6.00. The van der Waals surface area contributed by atoms with Crippen molar-refractivity contribution in [3.63, 3.8) is 0 Å². The van der Waals surface area contributed by atoms with Gasteiger partial charge in [0.2, 0.25) is 0 Å². The Bertz CT molecular complexity index is 732. The van der Waals surface area contributed by atoms with Gasteiger partial charge in [-0.15, -0.1) is 0 Å². The predicted octanol–water partition coefficient (Wildman–Crippen LogP) is 4.02. The maximum Gasteiger partial charge on any atom is 0.410 e. The molecule has 3 rings (SSSR count). The Kier molecular flexibility index (Phi) is 6.44. The lowest BCUT2D eigenvalue weighted by atomic mass is 10.00. The van der Waals surface area contributed by atoms with Gasteiger partial charge in [0.1, 0.15) is 18.0 Å². The molecule has 1 aromatic carbocycles. The molecule has 2 heterocycles. The Hall–Kier alpha value is -1.47. The van der Waals surface area contributed by atoms with Crippen LogP contribution < -0.4 is 9.64 Å². The van der Waals surface area contributed by atoms with Crippen molar-refractivity contribution in [2.24, 2.45) is 0 Å². The molecule has 7 heteroatoms. The maximum absolute atomic E-state index is 12.5. The molecule has 0 N–H and O–H groups in total. The van der Waals surface area contributed by atoms with Crippen molar-refractivity contribution in [1.82, 2.24) is 4.90 Å². The number of methoxy groups -OCH3 is 1. The third-order valence-electron chi connectivity index (χ3n) is 5.15. The number of hydrogen-bond acceptors (Lipinski definition) is 5. The van der Waals surface area contributed by atoms with E-state index in [-0.39, 0.29) is 12.2 Å². The molecule has 1 atom stereocenters. The molecule has 0 fully saturated rings. The summed E-state index contributed by atoms with van der Waals surface area (Å²) in [5, 5.41) is 0. The number of nitrogens with zero attached hydrogens (tertiary/aromatic N) is 2. The van der Waals surface area contributed by atoms with Gasteiger partial charge in [0.15, 0.2) is 0 Å². The van der Waals surface area contributed by atoms with Crippen molar-refractivity contribution in [2.75, 3.05) is 44.8 Å². The van der Waals surface area contributed by atoms with Gasteiger partial charge in [0.05, 0.1) is 18.3 Å². The third kappa shape index (κ3) is 4.74. The van der Waals surface area contributed by atoms with E-state index in [4.69, 9.17) is 14.2 Å². The molecule has 6 nitrogen and oxygen atoms in total. The van der Waals surface area contributed by atoms with Crippen LogP contribution in [0.1, 0.15) is 38.8 Å². The fourth-order valence-corrected chi connectivity index (χ4v) is 4.57. The molecular weight excluding hydrogens is 424 g/mol. The Balaban J connectivity index is 1.84. The van der Waals surface area contributed by atoms with Crippen LogP contribution in [0.25, 0.3) is 0 Å². The highest BCUT2D eigenvalue weighted by atomic mass is 79.9. The standard InChI is InChI=1S/C21H31BrN2O4/c1-14(26-5)13-24-10-11-27-17-12-15-6-8-23(20(25)28-21(2,3)4)9-7-16(15)18(22)19(17)24/h12,14H,6-11,13H2,1-5H3/t14-/m0/s1. The minimum atomic E-state index is -0.484. The summed E-state index contributed by atoms with van der Waals surface area (Å²) in [4.78, 5) is 16.6. The Morgan fingerprint density at radius 3 is 2.68 bits per heavy atom. The second-order valence-electron chi connectivity index (χ2n) is 8.48. The van der Waals surface area contributed by atoms with Crippen molar-refractivity contribution >= 4 is 27.7 Å². The number of hydrogen-bond donors (Lipinski definition) is 0. The number of halogens is 1. The maximum atomic E-state index is 12.5. The predicted molar refractivity (Wildman–Crippen MR) is 114 cm³/mol. The van der Waals surface area contributed by atoms with Crippen LogP contribution in [0.15, 0.2) is 10.5 Å². The van der Waals surface area contributed by atoms with Crippen LogP contribution in [-0.4, -0.2) is 62.6 Å². The fourth-order valence-electron chi connectivity index (χ4n) is 3.67. The second-order valence-corrected chi connectivity index (χ2v) is 9.28. The molecule has 156 valence electrons. The molecule has 0 aromatic heterocycles. The first-order chi connectivity index (χ1) is 13.2. The molecule has 28 heavy (non-hydrogen) atoms. The van der Waals surface area contributed by atoms with Gasteiger partial charge in [-0.1, -0.05) is 0 Å². The van der Waals surface area contributed by atoms with E-state index in [0.717, 1.165) is 41.8 Å². The van der Waals surface area contributed by atoms with Crippen molar-refractivity contribution in [3.05, 3.63) is 21.7 Å². The second kappa shape index (κ2) is 8.49. The van der Waals surface area contributed by atoms with Crippen LogP contribution in [-0.2, 0) is 22.3 Å². The Morgan fingerprint density at radius 1 is 1.29 bits per heavy atom. The number of rotatable bonds is 3. The quantitative estimate of drug-likeness (QED) is 0.689. The average molecular weight is 455 g/mol. The van der Waals surface area contributed by atoms with Crippen molar-refractivity contribution in [3.8, 4) is 5.75 Å². The molecule has 2 aliphatic heterocycles. The molecular formula is C21H31BrN2O4. The number of carbonyl (C=O) groups excluding carboxylic acids is 1. The van der Waals surface area contributed by atoms with E-state index in [9.17, 15) is 4.79 Å². The smallest absolute Gasteiger partial charge is 0.410 e. The summed E-state index contributed by atoms with van der Waals surface area (Å²) in [6.45, 7) is 11.4. The Morgan fingerprint density at radius 2 is 2.00 bits per heavy atom. The highest BCUT2D eigenvalue weighted by Crippen LogP contribution is 2.43. The van der Waals surface area contributed by atoms with Crippen LogP contribution in [0.4, 0.5) is 10.5 Å². The normalized spacial score (nSPS) is 17.9. The zero-order valence-electron chi connectivity index (χ0n) is 17.5. The van der Waals surface area contributed by atoms with E-state index in [1.165, 1.54) is 11.1 Å². The minimum absolute atomic E-state index is 0.138. The summed E-state index contributed by atoms with van der Waals surface area (Å²) >= 11 is 3.85. The van der Waals surface area contributed by atoms with Gasteiger partial charge in [-0.2, -0.15) is 0 Å². The summed E-state index contributed by atoms with van der Waals surface area (Å²) < 4.78 is 18.1. The summed E-state index contributed by atoms with van der Waals surface area (Å²) in [7, 11) is 1.74. The van der Waals surface area contributed by atoms with E-state index in [1.54, 1.807) is 7.11 Å². The van der Waals surface area contributed by atoms with Crippen molar-refractivity contribution < 1.29 is 19.0 Å².